The Morgan fingerprint density at radius 3 is 2.57 bits per heavy atom. The molecule has 0 aromatic carbocycles. The van der Waals surface area contributed by atoms with Gasteiger partial charge >= 0.3 is 0 Å². The third-order valence-corrected chi connectivity index (χ3v) is 4.00. The quantitative estimate of drug-likeness (QED) is 0.662. The van der Waals surface area contributed by atoms with Crippen molar-refractivity contribution in [1.29, 1.82) is 16.1 Å². The van der Waals surface area contributed by atoms with E-state index in [2.05, 4.69) is 16.0 Å². The van der Waals surface area contributed by atoms with Gasteiger partial charge in [0, 0.05) is 32.3 Å². The Balaban J connectivity index is 0.00000127. The van der Waals surface area contributed by atoms with Gasteiger partial charge in [0.15, 0.2) is 5.69 Å². The van der Waals surface area contributed by atoms with Crippen molar-refractivity contribution >= 4 is 17.9 Å². The topological polar surface area (TPSA) is 90.9 Å². The maximum atomic E-state index is 9.21. The van der Waals surface area contributed by atoms with Gasteiger partial charge in [0.25, 0.3) is 0 Å². The molecule has 23 heavy (non-hydrogen) atoms. The van der Waals surface area contributed by atoms with E-state index in [-0.39, 0.29) is 5.92 Å². The summed E-state index contributed by atoms with van der Waals surface area (Å²) in [5, 5.41) is 24.5. The summed E-state index contributed by atoms with van der Waals surface area (Å²) >= 11 is 0. The second kappa shape index (κ2) is 8.89. The van der Waals surface area contributed by atoms with Gasteiger partial charge in [-0.15, -0.1) is 0 Å². The summed E-state index contributed by atoms with van der Waals surface area (Å²) in [6.07, 6.45) is 4.55. The van der Waals surface area contributed by atoms with Crippen molar-refractivity contribution in [1.82, 2.24) is 9.88 Å². The Morgan fingerprint density at radius 2 is 2.04 bits per heavy atom. The lowest BCUT2D eigenvalue weighted by Crippen LogP contribution is -2.41. The molecule has 1 fully saturated rings. The summed E-state index contributed by atoms with van der Waals surface area (Å²) in [6.45, 7) is 7.61. The Kier molecular flexibility index (Phi) is 7.20. The number of piperidine rings is 1. The molecule has 6 heteroatoms. The molecule has 0 atom stereocenters. The standard InChI is InChI=1S/C15H20N6.C2H6/c1-11-3-6-19-13(9-16)14(11)21-7-4-12(5-8-21)15(18)20(2)10-17;1-2/h3,6,10,12,17-18H,4-5,7-8H2,1-2H3;1-2H3. The molecule has 0 unspecified atom stereocenters. The van der Waals surface area contributed by atoms with E-state index in [0.29, 0.717) is 11.5 Å². The minimum absolute atomic E-state index is 0.176. The van der Waals surface area contributed by atoms with Gasteiger partial charge in [0.2, 0.25) is 0 Å². The highest BCUT2D eigenvalue weighted by Crippen LogP contribution is 2.28. The predicted octanol–water partition coefficient (Wildman–Crippen LogP) is 3.02. The second-order valence-corrected chi connectivity index (χ2v) is 5.32. The Morgan fingerprint density at radius 1 is 1.43 bits per heavy atom. The molecule has 6 nitrogen and oxygen atoms in total. The van der Waals surface area contributed by atoms with Gasteiger partial charge in [0.1, 0.15) is 11.9 Å². The Bertz CT molecular complexity index is 581. The van der Waals surface area contributed by atoms with Crippen LogP contribution in [0.25, 0.3) is 0 Å². The summed E-state index contributed by atoms with van der Waals surface area (Å²) < 4.78 is 0. The van der Waals surface area contributed by atoms with Crippen molar-refractivity contribution in [3.63, 3.8) is 0 Å². The number of amidine groups is 1. The molecule has 0 bridgehead atoms. The number of nitrogens with zero attached hydrogens (tertiary/aromatic N) is 4. The highest BCUT2D eigenvalue weighted by atomic mass is 15.2. The minimum Gasteiger partial charge on any atom is -0.369 e. The van der Waals surface area contributed by atoms with Crippen molar-refractivity contribution < 1.29 is 0 Å². The number of aryl methyl sites for hydroxylation is 1. The molecule has 2 N–H and O–H groups in total. The van der Waals surface area contributed by atoms with Crippen LogP contribution in [0.1, 0.15) is 37.9 Å². The van der Waals surface area contributed by atoms with Crippen LogP contribution < -0.4 is 4.90 Å². The normalized spacial score (nSPS) is 14.3. The lowest BCUT2D eigenvalue weighted by atomic mass is 9.94. The fourth-order valence-corrected chi connectivity index (χ4v) is 2.77. The van der Waals surface area contributed by atoms with E-state index in [1.807, 2.05) is 26.8 Å². The van der Waals surface area contributed by atoms with Gasteiger partial charge in [-0.3, -0.25) is 10.8 Å². The molecule has 0 aliphatic carbocycles. The number of nitrogens with one attached hydrogen (secondary N) is 2. The van der Waals surface area contributed by atoms with Gasteiger partial charge < -0.3 is 9.80 Å². The summed E-state index contributed by atoms with van der Waals surface area (Å²) in [5.41, 5.74) is 2.46. The maximum Gasteiger partial charge on any atom is 0.164 e. The zero-order valence-corrected chi connectivity index (χ0v) is 14.4. The summed E-state index contributed by atoms with van der Waals surface area (Å²) in [7, 11) is 1.74. The molecule has 2 heterocycles. The van der Waals surface area contributed by atoms with Crippen LogP contribution in [0.15, 0.2) is 12.3 Å². The first-order valence-corrected chi connectivity index (χ1v) is 8.01. The largest absolute Gasteiger partial charge is 0.369 e. The van der Waals surface area contributed by atoms with Crippen LogP contribution in [0.3, 0.4) is 0 Å². The van der Waals surface area contributed by atoms with Gasteiger partial charge in [-0.05, 0) is 31.4 Å². The van der Waals surface area contributed by atoms with Crippen LogP contribution in [-0.2, 0) is 0 Å². The van der Waals surface area contributed by atoms with E-state index in [1.165, 1.54) is 6.34 Å². The van der Waals surface area contributed by atoms with Crippen LogP contribution in [-0.4, -0.2) is 42.2 Å². The summed E-state index contributed by atoms with van der Waals surface area (Å²) in [4.78, 5) is 7.89. The van der Waals surface area contributed by atoms with Gasteiger partial charge in [-0.2, -0.15) is 5.26 Å². The fraction of sp³-hybridized carbons (Fsp3) is 0.529. The number of rotatable bonds is 3. The summed E-state index contributed by atoms with van der Waals surface area (Å²) in [6, 6.07) is 4.09. The molecular weight excluding hydrogens is 288 g/mol. The molecule has 124 valence electrons. The SMILES string of the molecule is CC.Cc1ccnc(C#N)c1N1CCC(C(=N)N(C)C=N)CC1. The minimum atomic E-state index is 0.176. The van der Waals surface area contributed by atoms with Crippen molar-refractivity contribution in [2.75, 3.05) is 25.0 Å². The van der Waals surface area contributed by atoms with Crippen molar-refractivity contribution in [3.05, 3.63) is 23.5 Å². The lowest BCUT2D eigenvalue weighted by Gasteiger charge is -2.35. The molecule has 1 aromatic rings. The third kappa shape index (κ3) is 4.28. The average molecular weight is 314 g/mol. The Labute approximate surface area is 138 Å². The molecule has 0 radical (unpaired) electrons. The molecule has 0 saturated carbocycles. The number of nitriles is 1. The number of pyridine rings is 1. The maximum absolute atomic E-state index is 9.21. The molecule has 1 saturated heterocycles. The van der Waals surface area contributed by atoms with Gasteiger partial charge in [-0.25, -0.2) is 4.98 Å². The zero-order chi connectivity index (χ0) is 17.4. The van der Waals surface area contributed by atoms with Crippen molar-refractivity contribution in [3.8, 4) is 6.07 Å². The number of aromatic nitrogens is 1. The zero-order valence-electron chi connectivity index (χ0n) is 14.4. The summed E-state index contributed by atoms with van der Waals surface area (Å²) in [5.74, 6) is 0.670. The molecule has 1 aromatic heterocycles. The molecule has 1 aliphatic rings. The van der Waals surface area contributed by atoms with Gasteiger partial charge in [0.05, 0.1) is 12.0 Å². The first-order valence-electron chi connectivity index (χ1n) is 8.01. The van der Waals surface area contributed by atoms with Crippen LogP contribution in [0.5, 0.6) is 0 Å². The second-order valence-electron chi connectivity index (χ2n) is 5.32. The van der Waals surface area contributed by atoms with Crippen molar-refractivity contribution in [2.24, 2.45) is 5.92 Å². The van der Waals surface area contributed by atoms with E-state index in [9.17, 15) is 5.26 Å². The van der Waals surface area contributed by atoms with E-state index in [4.69, 9.17) is 10.8 Å². The average Bonchev–Trinajstić information content (AvgIpc) is 2.62. The highest BCUT2D eigenvalue weighted by Gasteiger charge is 2.26. The van der Waals surface area contributed by atoms with E-state index < -0.39 is 0 Å². The van der Waals surface area contributed by atoms with E-state index in [0.717, 1.165) is 37.2 Å². The van der Waals surface area contributed by atoms with Gasteiger partial charge in [-0.1, -0.05) is 13.8 Å². The lowest BCUT2D eigenvalue weighted by molar-refractivity contribution is 0.472. The predicted molar refractivity (Wildman–Crippen MR) is 94.2 cm³/mol. The monoisotopic (exact) mass is 314 g/mol. The Hall–Kier alpha value is -2.42. The van der Waals surface area contributed by atoms with Crippen LogP contribution >= 0.6 is 0 Å². The molecule has 0 amide bonds. The first-order chi connectivity index (χ1) is 11.1. The first kappa shape index (κ1) is 18.6. The molecule has 0 spiro atoms. The highest BCUT2D eigenvalue weighted by molar-refractivity contribution is 5.90. The smallest absolute Gasteiger partial charge is 0.164 e. The number of anilines is 1. The molecule has 2 rings (SSSR count). The number of hydrogen-bond donors (Lipinski definition) is 2. The molecular formula is C17H26N6. The van der Waals surface area contributed by atoms with Crippen LogP contribution in [0.4, 0.5) is 5.69 Å². The van der Waals surface area contributed by atoms with E-state index in [1.54, 1.807) is 18.1 Å². The van der Waals surface area contributed by atoms with Crippen molar-refractivity contribution in [2.45, 2.75) is 33.6 Å². The number of hydrogen-bond acceptors (Lipinski definition) is 5. The molecule has 1 aliphatic heterocycles. The fourth-order valence-electron chi connectivity index (χ4n) is 2.77. The third-order valence-electron chi connectivity index (χ3n) is 4.00. The van der Waals surface area contributed by atoms with Crippen LogP contribution in [0, 0.1) is 35.0 Å². The van der Waals surface area contributed by atoms with Crippen LogP contribution in [0.2, 0.25) is 0 Å². The van der Waals surface area contributed by atoms with E-state index >= 15 is 0 Å².